The van der Waals surface area contributed by atoms with E-state index in [1.807, 2.05) is 36.5 Å². The molecule has 0 heterocycles. The first-order chi connectivity index (χ1) is 8.55. The van der Waals surface area contributed by atoms with Crippen molar-refractivity contribution in [2.75, 3.05) is 21.1 Å². The molecular weight excluding hydrogens is 347 g/mol. The van der Waals surface area contributed by atoms with Gasteiger partial charge in [-0.2, -0.15) is 0 Å². The molecule has 0 N–H and O–H groups in total. The minimum Gasteiger partial charge on any atom is -0.298 e. The summed E-state index contributed by atoms with van der Waals surface area (Å²) in [5.74, 6) is 0. The number of hydrogen-bond donors (Lipinski definition) is 0. The average Bonchev–Trinajstić information content (AvgIpc) is 2.37. The Balaban J connectivity index is 0.00000180. The summed E-state index contributed by atoms with van der Waals surface area (Å²) in [6, 6.07) is 18.5. The van der Waals surface area contributed by atoms with Crippen LogP contribution in [-0.2, 0) is 0 Å². The second-order valence-electron chi connectivity index (χ2n) is 5.20. The highest BCUT2D eigenvalue weighted by Gasteiger charge is 2.10. The van der Waals surface area contributed by atoms with Crippen molar-refractivity contribution >= 4 is 41.6 Å². The Bertz CT molecular complexity index is 525. The lowest BCUT2D eigenvalue weighted by atomic mass is 10.2. The van der Waals surface area contributed by atoms with Crippen LogP contribution in [0.3, 0.4) is 0 Å². The smallest absolute Gasteiger partial charge is 0.132 e. The number of quaternary nitrogens is 1. The third kappa shape index (κ3) is 4.76. The highest BCUT2D eigenvalue weighted by molar-refractivity contribution is 14.0. The summed E-state index contributed by atoms with van der Waals surface area (Å²) in [5.41, 5.74) is 3.37. The largest absolute Gasteiger partial charge is 0.298 e. The lowest BCUT2D eigenvalue weighted by molar-refractivity contribution is 0.486. The van der Waals surface area contributed by atoms with Crippen LogP contribution in [0.4, 0.5) is 11.4 Å². The van der Waals surface area contributed by atoms with E-state index in [0.717, 1.165) is 15.7 Å². The quantitative estimate of drug-likeness (QED) is 0.437. The Morgan fingerprint density at radius 3 is 1.95 bits per heavy atom. The number of nitrogens with zero attached hydrogens (tertiary/aromatic N) is 2. The van der Waals surface area contributed by atoms with Crippen molar-refractivity contribution in [1.82, 2.24) is 4.48 Å². The van der Waals surface area contributed by atoms with Gasteiger partial charge in [-0.25, -0.2) is 0 Å². The van der Waals surface area contributed by atoms with Crippen LogP contribution in [0.25, 0.3) is 0 Å². The van der Waals surface area contributed by atoms with Gasteiger partial charge in [-0.15, -0.1) is 24.0 Å². The zero-order chi connectivity index (χ0) is 13.0. The number of aliphatic imine (C=N–C) groups is 1. The van der Waals surface area contributed by atoms with Crippen LogP contribution in [0.1, 0.15) is 5.56 Å². The summed E-state index contributed by atoms with van der Waals surface area (Å²) in [6.07, 6.45) is 1.89. The molecule has 2 rings (SSSR count). The molecule has 19 heavy (non-hydrogen) atoms. The number of benzene rings is 2. The van der Waals surface area contributed by atoms with Crippen molar-refractivity contribution in [2.45, 2.75) is 0 Å². The fraction of sp³-hybridized carbons (Fsp3) is 0.188. The fourth-order valence-electron chi connectivity index (χ4n) is 1.67. The molecule has 2 nitrogen and oxygen atoms in total. The number of halogens is 1. The number of hydrogen-bond acceptors (Lipinski definition) is 1. The molecule has 3 heteroatoms. The third-order valence-electron chi connectivity index (χ3n) is 2.79. The van der Waals surface area contributed by atoms with Gasteiger partial charge in [0.2, 0.25) is 0 Å². The molecule has 0 aromatic heterocycles. The molecular formula is C16H20IN2+. The van der Waals surface area contributed by atoms with E-state index in [2.05, 4.69) is 50.4 Å². The highest BCUT2D eigenvalue weighted by Crippen LogP contribution is 2.21. The first-order valence-corrected chi connectivity index (χ1v) is 6.07. The topological polar surface area (TPSA) is 12.4 Å². The molecule has 0 amide bonds. The van der Waals surface area contributed by atoms with Crippen LogP contribution < -0.4 is 4.48 Å². The molecule has 2 aromatic carbocycles. The minimum absolute atomic E-state index is 0. The van der Waals surface area contributed by atoms with Gasteiger partial charge in [-0.3, -0.25) is 9.48 Å². The van der Waals surface area contributed by atoms with Crippen LogP contribution >= 0.6 is 24.0 Å². The Kier molecular flexibility index (Phi) is 5.69. The van der Waals surface area contributed by atoms with Gasteiger partial charge < -0.3 is 0 Å². The van der Waals surface area contributed by atoms with E-state index >= 15 is 0 Å². The van der Waals surface area contributed by atoms with Crippen molar-refractivity contribution in [3.05, 3.63) is 60.2 Å². The third-order valence-corrected chi connectivity index (χ3v) is 2.79. The minimum atomic E-state index is 0. The zero-order valence-corrected chi connectivity index (χ0v) is 13.9. The Morgan fingerprint density at radius 1 is 0.842 bits per heavy atom. The van der Waals surface area contributed by atoms with Gasteiger partial charge in [0.1, 0.15) is 5.69 Å². The van der Waals surface area contributed by atoms with E-state index in [-0.39, 0.29) is 24.0 Å². The molecule has 0 aliphatic rings. The predicted octanol–water partition coefficient (Wildman–Crippen LogP) is 4.25. The summed E-state index contributed by atoms with van der Waals surface area (Å²) >= 11 is 0. The van der Waals surface area contributed by atoms with Gasteiger partial charge in [-0.1, -0.05) is 30.3 Å². The summed E-state index contributed by atoms with van der Waals surface area (Å²) in [4.78, 5) is 4.47. The van der Waals surface area contributed by atoms with Gasteiger partial charge in [0.15, 0.2) is 0 Å². The average molecular weight is 367 g/mol. The summed E-state index contributed by atoms with van der Waals surface area (Å²) in [6.45, 7) is 0. The van der Waals surface area contributed by atoms with Crippen molar-refractivity contribution in [2.24, 2.45) is 4.99 Å². The second-order valence-corrected chi connectivity index (χ2v) is 5.20. The first kappa shape index (κ1) is 15.9. The Labute approximate surface area is 132 Å². The van der Waals surface area contributed by atoms with Crippen LogP contribution in [0.5, 0.6) is 0 Å². The van der Waals surface area contributed by atoms with Crippen molar-refractivity contribution < 1.29 is 0 Å². The lowest BCUT2D eigenvalue weighted by Gasteiger charge is -2.23. The van der Waals surface area contributed by atoms with Crippen molar-refractivity contribution in [1.29, 1.82) is 0 Å². The molecule has 0 bridgehead atoms. The maximum Gasteiger partial charge on any atom is 0.132 e. The summed E-state index contributed by atoms with van der Waals surface area (Å²) in [7, 11) is 6.47. The molecule has 0 unspecified atom stereocenters. The molecule has 0 spiro atoms. The van der Waals surface area contributed by atoms with Gasteiger partial charge in [0.05, 0.1) is 26.8 Å². The van der Waals surface area contributed by atoms with Gasteiger partial charge in [0, 0.05) is 18.3 Å². The van der Waals surface area contributed by atoms with Crippen LogP contribution in [0.2, 0.25) is 0 Å². The fourth-order valence-corrected chi connectivity index (χ4v) is 1.67. The molecule has 0 aliphatic carbocycles. The Hall–Kier alpha value is -1.20. The summed E-state index contributed by atoms with van der Waals surface area (Å²) in [5, 5.41) is 0. The monoisotopic (exact) mass is 367 g/mol. The molecule has 0 saturated heterocycles. The van der Waals surface area contributed by atoms with E-state index in [1.54, 1.807) is 0 Å². The van der Waals surface area contributed by atoms with Gasteiger partial charge in [-0.05, 0) is 17.7 Å². The Morgan fingerprint density at radius 2 is 1.42 bits per heavy atom. The van der Waals surface area contributed by atoms with Crippen LogP contribution in [0, 0.1) is 0 Å². The van der Waals surface area contributed by atoms with Crippen LogP contribution in [-0.4, -0.2) is 27.4 Å². The van der Waals surface area contributed by atoms with E-state index in [4.69, 9.17) is 0 Å². The highest BCUT2D eigenvalue weighted by atomic mass is 127. The predicted molar refractivity (Wildman–Crippen MR) is 95.1 cm³/mol. The molecule has 0 aliphatic heterocycles. The van der Waals surface area contributed by atoms with E-state index in [1.165, 1.54) is 5.69 Å². The first-order valence-electron chi connectivity index (χ1n) is 6.07. The SMILES string of the molecule is C[N+](C)(C)c1ccc(N=Cc2ccccc2)cc1.I. The normalized spacial score (nSPS) is 11.3. The maximum atomic E-state index is 4.47. The van der Waals surface area contributed by atoms with Crippen molar-refractivity contribution in [3.63, 3.8) is 0 Å². The lowest BCUT2D eigenvalue weighted by Crippen LogP contribution is -2.34. The standard InChI is InChI=1S/C16H19N2.HI/c1-18(2,3)16-11-9-15(10-12-16)17-13-14-7-5-4-6-8-14;/h4-13H,1-3H3;1H/q+1;. The molecule has 100 valence electrons. The maximum absolute atomic E-state index is 4.47. The van der Waals surface area contributed by atoms with E-state index in [0.29, 0.717) is 0 Å². The van der Waals surface area contributed by atoms with Gasteiger partial charge in [0.25, 0.3) is 0 Å². The zero-order valence-electron chi connectivity index (χ0n) is 11.6. The van der Waals surface area contributed by atoms with E-state index in [9.17, 15) is 0 Å². The molecule has 0 atom stereocenters. The van der Waals surface area contributed by atoms with Gasteiger partial charge >= 0.3 is 0 Å². The molecule has 2 aromatic rings. The molecule has 0 radical (unpaired) electrons. The van der Waals surface area contributed by atoms with Crippen molar-refractivity contribution in [3.8, 4) is 0 Å². The second kappa shape index (κ2) is 6.82. The molecule has 0 saturated carbocycles. The van der Waals surface area contributed by atoms with E-state index < -0.39 is 0 Å². The summed E-state index contributed by atoms with van der Waals surface area (Å²) < 4.78 is 0.822. The van der Waals surface area contributed by atoms with Crippen LogP contribution in [0.15, 0.2) is 59.6 Å². The molecule has 0 fully saturated rings. The number of rotatable bonds is 3.